The highest BCUT2D eigenvalue weighted by Gasteiger charge is 2.40. The van der Waals surface area contributed by atoms with Crippen LogP contribution in [0.15, 0.2) is 36.5 Å². The van der Waals surface area contributed by atoms with Crippen LogP contribution in [0.3, 0.4) is 0 Å². The minimum absolute atomic E-state index is 0.109. The lowest BCUT2D eigenvalue weighted by Gasteiger charge is -2.39. The summed E-state index contributed by atoms with van der Waals surface area (Å²) in [7, 11) is 1.56. The Morgan fingerprint density at radius 2 is 2.13 bits per heavy atom. The Kier molecular flexibility index (Phi) is 4.00. The van der Waals surface area contributed by atoms with E-state index in [1.807, 2.05) is 24.3 Å². The first-order valence-electron chi connectivity index (χ1n) is 7.54. The van der Waals surface area contributed by atoms with Gasteiger partial charge in [0.15, 0.2) is 5.60 Å². The molecule has 0 spiro atoms. The maximum atomic E-state index is 12.9. The molecule has 6 heteroatoms. The predicted octanol–water partition coefficient (Wildman–Crippen LogP) is 1.21. The van der Waals surface area contributed by atoms with E-state index in [1.54, 1.807) is 31.1 Å². The number of carbonyl (C=O) groups excluding carboxylic acids is 2. The van der Waals surface area contributed by atoms with Crippen LogP contribution in [0.4, 0.5) is 0 Å². The number of fused-ring (bicyclic) bond motifs is 1. The number of nitrogens with zero attached hydrogens (tertiary/aromatic N) is 2. The predicted molar refractivity (Wildman–Crippen MR) is 86.1 cm³/mol. The van der Waals surface area contributed by atoms with Crippen LogP contribution < -0.4 is 5.32 Å². The van der Waals surface area contributed by atoms with Gasteiger partial charge in [-0.15, -0.1) is 0 Å². The van der Waals surface area contributed by atoms with Gasteiger partial charge in [0, 0.05) is 30.7 Å². The monoisotopic (exact) mass is 313 g/mol. The van der Waals surface area contributed by atoms with E-state index < -0.39 is 5.60 Å². The van der Waals surface area contributed by atoms with Crippen LogP contribution in [0.5, 0.6) is 0 Å². The third-order valence-electron chi connectivity index (χ3n) is 4.15. The summed E-state index contributed by atoms with van der Waals surface area (Å²) < 4.78 is 5.60. The highest BCUT2D eigenvalue weighted by molar-refractivity contribution is 6.06. The molecule has 1 aliphatic heterocycles. The standard InChI is InChI=1S/C17H19N3O3/c1-17(16(22)18-2)11-20(9-10-23-17)15(21)13-5-3-7-14-12(13)6-4-8-19-14/h3-8H,9-11H2,1-2H3,(H,18,22). The Hall–Kier alpha value is -2.47. The van der Waals surface area contributed by atoms with Gasteiger partial charge in [-0.05, 0) is 25.1 Å². The summed E-state index contributed by atoms with van der Waals surface area (Å²) in [6.45, 7) is 2.72. The van der Waals surface area contributed by atoms with Crippen molar-refractivity contribution in [3.8, 4) is 0 Å². The minimum atomic E-state index is -1.02. The molecule has 2 aromatic rings. The first kappa shape index (κ1) is 15.4. The zero-order chi connectivity index (χ0) is 16.4. The lowest BCUT2D eigenvalue weighted by atomic mass is 10.0. The Morgan fingerprint density at radius 3 is 2.91 bits per heavy atom. The second-order valence-corrected chi connectivity index (χ2v) is 5.76. The average Bonchev–Trinajstić information content (AvgIpc) is 2.60. The van der Waals surface area contributed by atoms with Crippen LogP contribution in [0.1, 0.15) is 17.3 Å². The number of morpholine rings is 1. The zero-order valence-electron chi connectivity index (χ0n) is 13.2. The number of ether oxygens (including phenoxy) is 1. The number of nitrogens with one attached hydrogen (secondary N) is 1. The lowest BCUT2D eigenvalue weighted by molar-refractivity contribution is -0.153. The molecule has 3 rings (SSSR count). The number of carbonyl (C=O) groups is 2. The van der Waals surface area contributed by atoms with Crippen molar-refractivity contribution in [1.82, 2.24) is 15.2 Å². The van der Waals surface area contributed by atoms with Crippen LogP contribution in [0, 0.1) is 0 Å². The van der Waals surface area contributed by atoms with Crippen LogP contribution in [0.2, 0.25) is 0 Å². The van der Waals surface area contributed by atoms with Crippen molar-refractivity contribution < 1.29 is 14.3 Å². The van der Waals surface area contributed by atoms with Crippen molar-refractivity contribution in [2.75, 3.05) is 26.7 Å². The molecule has 2 amide bonds. The van der Waals surface area contributed by atoms with Gasteiger partial charge in [-0.25, -0.2) is 0 Å². The number of aromatic nitrogens is 1. The highest BCUT2D eigenvalue weighted by Crippen LogP contribution is 2.23. The van der Waals surface area contributed by atoms with Gasteiger partial charge in [-0.1, -0.05) is 12.1 Å². The molecule has 1 saturated heterocycles. The third kappa shape index (κ3) is 2.77. The minimum Gasteiger partial charge on any atom is -0.362 e. The number of hydrogen-bond acceptors (Lipinski definition) is 4. The second-order valence-electron chi connectivity index (χ2n) is 5.76. The molecule has 1 aliphatic rings. The van der Waals surface area contributed by atoms with Gasteiger partial charge in [0.2, 0.25) is 0 Å². The fraction of sp³-hybridized carbons (Fsp3) is 0.353. The van der Waals surface area contributed by atoms with Crippen molar-refractivity contribution in [2.24, 2.45) is 0 Å². The van der Waals surface area contributed by atoms with Crippen molar-refractivity contribution in [3.05, 3.63) is 42.1 Å². The molecule has 23 heavy (non-hydrogen) atoms. The van der Waals surface area contributed by atoms with Crippen LogP contribution in [-0.4, -0.2) is 54.0 Å². The fourth-order valence-electron chi connectivity index (χ4n) is 2.91. The molecule has 1 unspecified atom stereocenters. The molecule has 0 bridgehead atoms. The van der Waals surface area contributed by atoms with Crippen molar-refractivity contribution >= 4 is 22.7 Å². The van der Waals surface area contributed by atoms with E-state index >= 15 is 0 Å². The Morgan fingerprint density at radius 1 is 1.30 bits per heavy atom. The van der Waals surface area contributed by atoms with E-state index in [4.69, 9.17) is 4.74 Å². The molecule has 0 aliphatic carbocycles. The number of benzene rings is 1. The Bertz CT molecular complexity index is 756. The summed E-state index contributed by atoms with van der Waals surface area (Å²) in [5, 5.41) is 3.41. The number of rotatable bonds is 2. The van der Waals surface area contributed by atoms with Crippen molar-refractivity contribution in [3.63, 3.8) is 0 Å². The first-order valence-corrected chi connectivity index (χ1v) is 7.54. The van der Waals surface area contributed by atoms with Gasteiger partial charge in [-0.2, -0.15) is 0 Å². The fourth-order valence-corrected chi connectivity index (χ4v) is 2.91. The topological polar surface area (TPSA) is 71.5 Å². The summed E-state index contributed by atoms with van der Waals surface area (Å²) in [5.41, 5.74) is 0.350. The summed E-state index contributed by atoms with van der Waals surface area (Å²) in [6, 6.07) is 9.18. The molecule has 1 aromatic heterocycles. The summed E-state index contributed by atoms with van der Waals surface area (Å²) in [6.07, 6.45) is 1.70. The van der Waals surface area contributed by atoms with Gasteiger partial charge in [0.1, 0.15) is 0 Å². The van der Waals surface area contributed by atoms with E-state index in [0.29, 0.717) is 18.7 Å². The number of pyridine rings is 1. The van der Waals surface area contributed by atoms with Crippen molar-refractivity contribution in [1.29, 1.82) is 0 Å². The normalized spacial score (nSPS) is 21.2. The van der Waals surface area contributed by atoms with Crippen LogP contribution in [0.25, 0.3) is 10.9 Å². The summed E-state index contributed by atoms with van der Waals surface area (Å²) in [4.78, 5) is 30.9. The highest BCUT2D eigenvalue weighted by atomic mass is 16.5. The summed E-state index contributed by atoms with van der Waals surface area (Å²) in [5.74, 6) is -0.336. The number of hydrogen-bond donors (Lipinski definition) is 1. The van der Waals surface area contributed by atoms with E-state index in [-0.39, 0.29) is 18.4 Å². The SMILES string of the molecule is CNC(=O)C1(C)CN(C(=O)c2cccc3ncccc23)CCO1. The van der Waals surface area contributed by atoms with E-state index in [0.717, 1.165) is 10.9 Å². The van der Waals surface area contributed by atoms with Gasteiger partial charge < -0.3 is 15.0 Å². The zero-order valence-corrected chi connectivity index (χ0v) is 13.2. The molecule has 0 radical (unpaired) electrons. The molecule has 1 atom stereocenters. The van der Waals surface area contributed by atoms with E-state index in [2.05, 4.69) is 10.3 Å². The maximum absolute atomic E-state index is 12.9. The van der Waals surface area contributed by atoms with Gasteiger partial charge in [0.05, 0.1) is 18.7 Å². The van der Waals surface area contributed by atoms with Crippen molar-refractivity contribution in [2.45, 2.75) is 12.5 Å². The van der Waals surface area contributed by atoms with Gasteiger partial charge in [-0.3, -0.25) is 14.6 Å². The third-order valence-corrected chi connectivity index (χ3v) is 4.15. The molecule has 120 valence electrons. The van der Waals surface area contributed by atoms with Gasteiger partial charge >= 0.3 is 0 Å². The number of amides is 2. The average molecular weight is 313 g/mol. The molecule has 1 fully saturated rings. The smallest absolute Gasteiger partial charge is 0.254 e. The molecule has 1 aromatic carbocycles. The molecule has 2 heterocycles. The summed E-state index contributed by atoms with van der Waals surface area (Å²) >= 11 is 0. The molecule has 1 N–H and O–H groups in total. The van der Waals surface area contributed by atoms with Crippen LogP contribution in [-0.2, 0) is 9.53 Å². The Labute approximate surface area is 134 Å². The molecular weight excluding hydrogens is 294 g/mol. The first-order chi connectivity index (χ1) is 11.0. The van der Waals surface area contributed by atoms with E-state index in [1.165, 1.54) is 0 Å². The molecule has 6 nitrogen and oxygen atoms in total. The van der Waals surface area contributed by atoms with Gasteiger partial charge in [0.25, 0.3) is 11.8 Å². The number of likely N-dealkylation sites (N-methyl/N-ethyl adjacent to an activating group) is 1. The maximum Gasteiger partial charge on any atom is 0.254 e. The molecule has 0 saturated carbocycles. The van der Waals surface area contributed by atoms with Crippen LogP contribution >= 0.6 is 0 Å². The largest absolute Gasteiger partial charge is 0.362 e. The quantitative estimate of drug-likeness (QED) is 0.905. The van der Waals surface area contributed by atoms with E-state index in [9.17, 15) is 9.59 Å². The Balaban J connectivity index is 1.92. The second kappa shape index (κ2) is 5.96. The molecular formula is C17H19N3O3. The lowest BCUT2D eigenvalue weighted by Crippen LogP contribution is -2.58.